The van der Waals surface area contributed by atoms with Crippen LogP contribution in [-0.4, -0.2) is 64.9 Å². The van der Waals surface area contributed by atoms with Gasteiger partial charge in [0.05, 0.1) is 10.6 Å². The van der Waals surface area contributed by atoms with E-state index in [-0.39, 0.29) is 4.68 Å². The van der Waals surface area contributed by atoms with Crippen LogP contribution in [0.4, 0.5) is 11.4 Å². The Morgan fingerprint density at radius 3 is 2.00 bits per heavy atom. The molecule has 0 aliphatic rings. The van der Waals surface area contributed by atoms with Crippen molar-refractivity contribution in [2.45, 2.75) is 21.6 Å². The van der Waals surface area contributed by atoms with Gasteiger partial charge in [-0.25, -0.2) is 4.79 Å². The van der Waals surface area contributed by atoms with Crippen molar-refractivity contribution < 1.29 is 53.9 Å². The molecule has 1 heterocycles. The van der Waals surface area contributed by atoms with Gasteiger partial charge in [0.1, 0.15) is 15.5 Å². The third-order valence-corrected chi connectivity index (χ3v) is 7.06. The molecule has 0 aliphatic heterocycles. The Hall–Kier alpha value is -3.75. The highest BCUT2D eigenvalue weighted by molar-refractivity contribution is 7.86. The van der Waals surface area contributed by atoms with E-state index in [4.69, 9.17) is 0 Å². The van der Waals surface area contributed by atoms with Crippen molar-refractivity contribution in [1.82, 2.24) is 9.78 Å². The van der Waals surface area contributed by atoms with Gasteiger partial charge in [0.15, 0.2) is 5.69 Å². The standard InChI is InChI=1S/C17H14N4O12S3/c1-8-2-4-10(13(6-8)36(31,32)33)18-19-14-15(17(23)24)20-21(16(14)22)11-7-9(34(25,26)27)3-5-12(11)35(28,29)30/h2-7,22H,1H3,(H,23,24)(H,25,26,27)(H,28,29,30)(H,31,32,33). The fourth-order valence-electron chi connectivity index (χ4n) is 2.86. The maximum absolute atomic E-state index is 11.8. The number of nitrogens with zero attached hydrogens (tertiary/aromatic N) is 4. The van der Waals surface area contributed by atoms with Crippen LogP contribution in [-0.2, 0) is 30.4 Å². The van der Waals surface area contributed by atoms with Crippen molar-refractivity contribution in [3.05, 3.63) is 47.7 Å². The molecule has 3 rings (SSSR count). The zero-order valence-electron chi connectivity index (χ0n) is 17.6. The fourth-order valence-corrected chi connectivity index (χ4v) is 4.72. The summed E-state index contributed by atoms with van der Waals surface area (Å²) in [7, 11) is -14.8. The number of carboxylic acids is 1. The largest absolute Gasteiger partial charge is 0.492 e. The molecular formula is C17H14N4O12S3. The first-order chi connectivity index (χ1) is 16.4. The Morgan fingerprint density at radius 1 is 0.861 bits per heavy atom. The van der Waals surface area contributed by atoms with Crippen LogP contribution in [0.15, 0.2) is 61.3 Å². The number of aromatic carboxylic acids is 1. The lowest BCUT2D eigenvalue weighted by Gasteiger charge is -2.09. The van der Waals surface area contributed by atoms with Gasteiger partial charge in [-0.15, -0.1) is 10.2 Å². The minimum absolute atomic E-state index is 0.189. The number of aryl methyl sites for hydroxylation is 1. The molecular weight excluding hydrogens is 548 g/mol. The van der Waals surface area contributed by atoms with E-state index in [0.29, 0.717) is 23.8 Å². The van der Waals surface area contributed by atoms with Crippen molar-refractivity contribution in [1.29, 1.82) is 0 Å². The topological polar surface area (TPSA) is 263 Å². The van der Waals surface area contributed by atoms with Gasteiger partial charge in [-0.2, -0.15) is 35.0 Å². The highest BCUT2D eigenvalue weighted by Crippen LogP contribution is 2.37. The van der Waals surface area contributed by atoms with Gasteiger partial charge in [0, 0.05) is 0 Å². The summed E-state index contributed by atoms with van der Waals surface area (Å²) in [6.07, 6.45) is 0. The van der Waals surface area contributed by atoms with E-state index in [9.17, 15) is 53.9 Å². The molecule has 0 radical (unpaired) electrons. The Bertz CT molecular complexity index is 1760. The second kappa shape index (κ2) is 9.04. The monoisotopic (exact) mass is 562 g/mol. The molecule has 0 saturated carbocycles. The van der Waals surface area contributed by atoms with Gasteiger partial charge in [-0.05, 0) is 42.8 Å². The van der Waals surface area contributed by atoms with Crippen LogP contribution in [0, 0.1) is 6.92 Å². The van der Waals surface area contributed by atoms with Gasteiger partial charge in [0.2, 0.25) is 11.6 Å². The van der Waals surface area contributed by atoms with Crippen LogP contribution < -0.4 is 0 Å². The van der Waals surface area contributed by atoms with E-state index >= 15 is 0 Å². The fraction of sp³-hybridized carbons (Fsp3) is 0.0588. The molecule has 19 heteroatoms. The van der Waals surface area contributed by atoms with Crippen molar-refractivity contribution in [2.24, 2.45) is 10.2 Å². The van der Waals surface area contributed by atoms with E-state index in [0.717, 1.165) is 12.1 Å². The second-order valence-electron chi connectivity index (χ2n) is 6.96. The lowest BCUT2D eigenvalue weighted by Crippen LogP contribution is -2.10. The number of aromatic hydroxyl groups is 1. The lowest BCUT2D eigenvalue weighted by molar-refractivity contribution is 0.0690. The Labute approximate surface area is 202 Å². The molecule has 0 bridgehead atoms. The van der Waals surface area contributed by atoms with E-state index in [2.05, 4.69) is 15.3 Å². The molecule has 0 unspecified atom stereocenters. The first-order valence-corrected chi connectivity index (χ1v) is 13.4. The minimum Gasteiger partial charge on any atom is -0.492 e. The quantitative estimate of drug-likeness (QED) is 0.203. The smallest absolute Gasteiger partial charge is 0.358 e. The molecule has 0 saturated heterocycles. The summed E-state index contributed by atoms with van der Waals surface area (Å²) in [4.78, 5) is 9.03. The molecule has 16 nitrogen and oxygen atoms in total. The number of hydrogen-bond donors (Lipinski definition) is 5. The van der Waals surface area contributed by atoms with Crippen molar-refractivity contribution in [3.8, 4) is 11.6 Å². The predicted molar refractivity (Wildman–Crippen MR) is 117 cm³/mol. The SMILES string of the molecule is Cc1ccc(N=Nc2c(C(=O)O)nn(-c3cc(S(=O)(=O)O)ccc3S(=O)(=O)O)c2O)c(S(=O)(=O)O)c1. The van der Waals surface area contributed by atoms with E-state index < -0.39 is 79.6 Å². The van der Waals surface area contributed by atoms with Gasteiger partial charge in [-0.1, -0.05) is 6.07 Å². The summed E-state index contributed by atoms with van der Waals surface area (Å²) in [6.45, 7) is 1.50. The normalized spacial score (nSPS) is 12.8. The molecule has 0 aliphatic carbocycles. The number of carboxylic acid groups (broad SMARTS) is 1. The van der Waals surface area contributed by atoms with Crippen molar-refractivity contribution in [2.75, 3.05) is 0 Å². The summed E-state index contributed by atoms with van der Waals surface area (Å²) in [5.41, 5.74) is -2.97. The molecule has 0 fully saturated rings. The highest BCUT2D eigenvalue weighted by atomic mass is 32.2. The summed E-state index contributed by atoms with van der Waals surface area (Å²) in [6, 6.07) is 5.13. The minimum atomic E-state index is -5.11. The summed E-state index contributed by atoms with van der Waals surface area (Å²) < 4.78 is 98.1. The zero-order chi connectivity index (χ0) is 27.2. The number of hydrogen-bond acceptors (Lipinski definition) is 11. The lowest BCUT2D eigenvalue weighted by atomic mass is 10.2. The van der Waals surface area contributed by atoms with Gasteiger partial charge in [-0.3, -0.25) is 13.7 Å². The first-order valence-electron chi connectivity index (χ1n) is 9.06. The van der Waals surface area contributed by atoms with Crippen LogP contribution in [0.2, 0.25) is 0 Å². The maximum atomic E-state index is 11.8. The molecule has 1 aromatic heterocycles. The maximum Gasteiger partial charge on any atom is 0.358 e. The molecule has 36 heavy (non-hydrogen) atoms. The van der Waals surface area contributed by atoms with Crippen LogP contribution in [0.25, 0.3) is 5.69 Å². The zero-order valence-corrected chi connectivity index (χ0v) is 20.0. The van der Waals surface area contributed by atoms with Crippen LogP contribution in [0.5, 0.6) is 5.88 Å². The van der Waals surface area contributed by atoms with Crippen LogP contribution in [0.3, 0.4) is 0 Å². The van der Waals surface area contributed by atoms with Crippen molar-refractivity contribution in [3.63, 3.8) is 0 Å². The number of aromatic nitrogens is 2. The van der Waals surface area contributed by atoms with E-state index in [1.807, 2.05) is 0 Å². The molecule has 0 amide bonds. The van der Waals surface area contributed by atoms with Gasteiger partial charge >= 0.3 is 5.97 Å². The summed E-state index contributed by atoms with van der Waals surface area (Å²) in [5.74, 6) is -3.06. The Kier molecular flexibility index (Phi) is 6.74. The average molecular weight is 563 g/mol. The predicted octanol–water partition coefficient (Wildman–Crippen LogP) is 1.74. The molecule has 2 aromatic carbocycles. The number of benzene rings is 2. The molecule has 0 spiro atoms. The molecule has 192 valence electrons. The number of carbonyl (C=O) groups is 1. The van der Waals surface area contributed by atoms with E-state index in [1.165, 1.54) is 13.0 Å². The van der Waals surface area contributed by atoms with Crippen molar-refractivity contribution >= 4 is 47.7 Å². The molecule has 5 N–H and O–H groups in total. The molecule has 0 atom stereocenters. The third-order valence-electron chi connectivity index (χ3n) is 4.42. The Balaban J connectivity index is 2.31. The van der Waals surface area contributed by atoms with Gasteiger partial charge < -0.3 is 10.2 Å². The summed E-state index contributed by atoms with van der Waals surface area (Å²) >= 11 is 0. The van der Waals surface area contributed by atoms with E-state index in [1.54, 1.807) is 0 Å². The van der Waals surface area contributed by atoms with Crippen LogP contribution in [0.1, 0.15) is 16.1 Å². The number of azo groups is 1. The third kappa shape index (κ3) is 5.40. The van der Waals surface area contributed by atoms with Gasteiger partial charge in [0.25, 0.3) is 30.4 Å². The molecule has 3 aromatic rings. The average Bonchev–Trinajstić information content (AvgIpc) is 3.07. The number of rotatable bonds is 7. The Morgan fingerprint density at radius 2 is 1.47 bits per heavy atom. The second-order valence-corrected chi connectivity index (χ2v) is 11.2. The highest BCUT2D eigenvalue weighted by Gasteiger charge is 2.29. The summed E-state index contributed by atoms with van der Waals surface area (Å²) in [5, 5.41) is 30.5. The van der Waals surface area contributed by atoms with Crippen LogP contribution >= 0.6 is 0 Å². The first kappa shape index (κ1) is 26.8.